The van der Waals surface area contributed by atoms with E-state index in [0.717, 1.165) is 6.54 Å². The van der Waals surface area contributed by atoms with Gasteiger partial charge < -0.3 is 25.4 Å². The summed E-state index contributed by atoms with van der Waals surface area (Å²) in [5, 5.41) is 14.6. The number of aliphatic carboxylic acids is 1. The fourth-order valence-corrected chi connectivity index (χ4v) is 2.44. The van der Waals surface area contributed by atoms with Crippen LogP contribution in [0.1, 0.15) is 12.8 Å². The molecule has 2 saturated heterocycles. The van der Waals surface area contributed by atoms with Crippen molar-refractivity contribution in [3.63, 3.8) is 0 Å². The lowest BCUT2D eigenvalue weighted by molar-refractivity contribution is -0.150. The van der Waals surface area contributed by atoms with Crippen LogP contribution < -0.4 is 10.6 Å². The fraction of sp³-hybridized carbons (Fsp3) is 0.750. The van der Waals surface area contributed by atoms with Crippen molar-refractivity contribution in [1.82, 2.24) is 15.5 Å². The van der Waals surface area contributed by atoms with Crippen LogP contribution in [0, 0.1) is 0 Å². The number of piperazine rings is 1. The zero-order valence-corrected chi connectivity index (χ0v) is 11.1. The second-order valence-electron chi connectivity index (χ2n) is 4.89. The molecule has 2 unspecified atom stereocenters. The Kier molecular flexibility index (Phi) is 4.91. The highest BCUT2D eigenvalue weighted by Crippen LogP contribution is 2.13. The van der Waals surface area contributed by atoms with Gasteiger partial charge in [-0.3, -0.25) is 14.4 Å². The highest BCUT2D eigenvalue weighted by Gasteiger charge is 2.35. The maximum absolute atomic E-state index is 12.2. The minimum atomic E-state index is -1.10. The summed E-state index contributed by atoms with van der Waals surface area (Å²) in [7, 11) is 0. The summed E-state index contributed by atoms with van der Waals surface area (Å²) in [6, 6.07) is -0.926. The van der Waals surface area contributed by atoms with Gasteiger partial charge in [0.25, 0.3) is 0 Å². The first-order valence-corrected chi connectivity index (χ1v) is 6.69. The van der Waals surface area contributed by atoms with Crippen LogP contribution in [0.3, 0.4) is 0 Å². The van der Waals surface area contributed by atoms with Crippen LogP contribution in [0.5, 0.6) is 0 Å². The van der Waals surface area contributed by atoms with Crippen LogP contribution in [-0.2, 0) is 19.1 Å². The standard InChI is InChI=1S/C12H19N3O5/c16-10(5-8-7-13-2-4-20-8)15-3-1-14-12(19)9(15)6-11(17)18/h8-9,13H,1-7H2,(H,14,19)(H,17,18). The van der Waals surface area contributed by atoms with Crippen molar-refractivity contribution in [1.29, 1.82) is 0 Å². The monoisotopic (exact) mass is 285 g/mol. The average Bonchev–Trinajstić information content (AvgIpc) is 2.41. The molecule has 2 heterocycles. The van der Waals surface area contributed by atoms with Gasteiger partial charge in [-0.2, -0.15) is 0 Å². The van der Waals surface area contributed by atoms with E-state index in [1.807, 2.05) is 0 Å². The SMILES string of the molecule is O=C(O)CC1C(=O)NCCN1C(=O)CC1CNCCO1. The molecule has 2 aliphatic heterocycles. The lowest BCUT2D eigenvalue weighted by Gasteiger charge is -2.35. The number of hydrogen-bond donors (Lipinski definition) is 3. The van der Waals surface area contributed by atoms with Crippen LogP contribution in [-0.4, -0.2) is 72.7 Å². The molecule has 2 amide bonds. The summed E-state index contributed by atoms with van der Waals surface area (Å²) >= 11 is 0. The number of carbonyl (C=O) groups excluding carboxylic acids is 2. The second-order valence-corrected chi connectivity index (χ2v) is 4.89. The van der Waals surface area contributed by atoms with Crippen LogP contribution in [0.4, 0.5) is 0 Å². The molecule has 0 aliphatic carbocycles. The average molecular weight is 285 g/mol. The summed E-state index contributed by atoms with van der Waals surface area (Å²) in [5.41, 5.74) is 0. The minimum Gasteiger partial charge on any atom is -0.481 e. The number of nitrogens with one attached hydrogen (secondary N) is 2. The van der Waals surface area contributed by atoms with Crippen molar-refractivity contribution < 1.29 is 24.2 Å². The number of nitrogens with zero attached hydrogens (tertiary/aromatic N) is 1. The molecule has 0 aromatic carbocycles. The van der Waals surface area contributed by atoms with Gasteiger partial charge in [0.1, 0.15) is 6.04 Å². The predicted molar refractivity (Wildman–Crippen MR) is 68.0 cm³/mol. The summed E-state index contributed by atoms with van der Waals surface area (Å²) in [6.45, 7) is 2.60. The van der Waals surface area contributed by atoms with E-state index in [0.29, 0.717) is 26.2 Å². The summed E-state index contributed by atoms with van der Waals surface area (Å²) in [4.78, 5) is 36.1. The molecule has 20 heavy (non-hydrogen) atoms. The van der Waals surface area contributed by atoms with Gasteiger partial charge in [0.05, 0.1) is 25.6 Å². The Bertz CT molecular complexity index is 395. The molecule has 2 atom stereocenters. The maximum atomic E-state index is 12.2. The van der Waals surface area contributed by atoms with E-state index in [-0.39, 0.29) is 24.9 Å². The predicted octanol–water partition coefficient (Wildman–Crippen LogP) is -1.83. The lowest BCUT2D eigenvalue weighted by atomic mass is 10.1. The van der Waals surface area contributed by atoms with Gasteiger partial charge in [-0.05, 0) is 0 Å². The highest BCUT2D eigenvalue weighted by molar-refractivity contribution is 5.91. The molecular weight excluding hydrogens is 266 g/mol. The highest BCUT2D eigenvalue weighted by atomic mass is 16.5. The fourth-order valence-electron chi connectivity index (χ4n) is 2.44. The van der Waals surface area contributed by atoms with E-state index in [9.17, 15) is 14.4 Å². The van der Waals surface area contributed by atoms with Gasteiger partial charge in [0, 0.05) is 26.2 Å². The van der Waals surface area contributed by atoms with Gasteiger partial charge in [-0.15, -0.1) is 0 Å². The molecule has 0 bridgehead atoms. The molecular formula is C12H19N3O5. The number of morpholine rings is 1. The zero-order chi connectivity index (χ0) is 14.5. The third kappa shape index (κ3) is 3.67. The van der Waals surface area contributed by atoms with Gasteiger partial charge >= 0.3 is 5.97 Å². The third-order valence-corrected chi connectivity index (χ3v) is 3.43. The summed E-state index contributed by atoms with van der Waals surface area (Å²) < 4.78 is 5.46. The molecule has 0 spiro atoms. The largest absolute Gasteiger partial charge is 0.481 e. The lowest BCUT2D eigenvalue weighted by Crippen LogP contribution is -2.58. The Morgan fingerprint density at radius 2 is 2.15 bits per heavy atom. The van der Waals surface area contributed by atoms with Crippen LogP contribution >= 0.6 is 0 Å². The van der Waals surface area contributed by atoms with Crippen molar-refractivity contribution >= 4 is 17.8 Å². The number of carboxylic acids is 1. The third-order valence-electron chi connectivity index (χ3n) is 3.43. The molecule has 8 nitrogen and oxygen atoms in total. The Labute approximate surface area is 116 Å². The van der Waals surface area contributed by atoms with E-state index in [4.69, 9.17) is 9.84 Å². The van der Waals surface area contributed by atoms with Crippen molar-refractivity contribution in [2.24, 2.45) is 0 Å². The molecule has 2 fully saturated rings. The first-order valence-electron chi connectivity index (χ1n) is 6.69. The van der Waals surface area contributed by atoms with E-state index < -0.39 is 17.9 Å². The molecule has 8 heteroatoms. The number of ether oxygens (including phenoxy) is 1. The van der Waals surface area contributed by atoms with Gasteiger partial charge in [0.2, 0.25) is 11.8 Å². The molecule has 0 aromatic rings. The van der Waals surface area contributed by atoms with Crippen LogP contribution in [0.15, 0.2) is 0 Å². The van der Waals surface area contributed by atoms with Crippen molar-refractivity contribution in [2.45, 2.75) is 25.0 Å². The van der Waals surface area contributed by atoms with Crippen LogP contribution in [0.25, 0.3) is 0 Å². The number of amides is 2. The first-order chi connectivity index (χ1) is 9.58. The summed E-state index contributed by atoms with van der Waals surface area (Å²) in [5.74, 6) is -1.74. The van der Waals surface area contributed by atoms with Gasteiger partial charge in [-0.1, -0.05) is 0 Å². The molecule has 0 aromatic heterocycles. The number of carboxylic acid groups (broad SMARTS) is 1. The molecule has 0 saturated carbocycles. The van der Waals surface area contributed by atoms with Crippen molar-refractivity contribution in [3.05, 3.63) is 0 Å². The minimum absolute atomic E-state index is 0.163. The van der Waals surface area contributed by atoms with E-state index in [1.54, 1.807) is 0 Å². The van der Waals surface area contributed by atoms with Crippen molar-refractivity contribution in [2.75, 3.05) is 32.8 Å². The van der Waals surface area contributed by atoms with E-state index >= 15 is 0 Å². The zero-order valence-electron chi connectivity index (χ0n) is 11.1. The van der Waals surface area contributed by atoms with E-state index in [1.165, 1.54) is 4.90 Å². The first kappa shape index (κ1) is 14.7. The Balaban J connectivity index is 1.97. The Hall–Kier alpha value is -1.67. The van der Waals surface area contributed by atoms with Crippen molar-refractivity contribution in [3.8, 4) is 0 Å². The Morgan fingerprint density at radius 1 is 1.35 bits per heavy atom. The maximum Gasteiger partial charge on any atom is 0.305 e. The van der Waals surface area contributed by atoms with Gasteiger partial charge in [-0.25, -0.2) is 0 Å². The number of carbonyl (C=O) groups is 3. The van der Waals surface area contributed by atoms with Gasteiger partial charge in [0.15, 0.2) is 0 Å². The second kappa shape index (κ2) is 6.67. The number of rotatable bonds is 4. The molecule has 112 valence electrons. The Morgan fingerprint density at radius 3 is 2.80 bits per heavy atom. The molecule has 3 N–H and O–H groups in total. The normalized spacial score (nSPS) is 27.0. The summed E-state index contributed by atoms with van der Waals surface area (Å²) in [6.07, 6.45) is -0.427. The molecule has 2 rings (SSSR count). The molecule has 2 aliphatic rings. The topological polar surface area (TPSA) is 108 Å². The van der Waals surface area contributed by atoms with Crippen LogP contribution in [0.2, 0.25) is 0 Å². The molecule has 0 radical (unpaired) electrons. The smallest absolute Gasteiger partial charge is 0.305 e. The quantitative estimate of drug-likeness (QED) is 0.560. The number of hydrogen-bond acceptors (Lipinski definition) is 5. The van der Waals surface area contributed by atoms with E-state index in [2.05, 4.69) is 10.6 Å².